The molecule has 2 N–H and O–H groups in total. The average molecular weight is 510 g/mol. The minimum Gasteiger partial charge on any atom is -0.355 e. The van der Waals surface area contributed by atoms with E-state index in [0.717, 1.165) is 23.4 Å². The smallest absolute Gasteiger partial charge is 0.355 e. The van der Waals surface area contributed by atoms with Crippen molar-refractivity contribution in [3.8, 4) is 0 Å². The number of halogens is 4. The van der Waals surface area contributed by atoms with Crippen molar-refractivity contribution in [1.29, 1.82) is 0 Å². The Morgan fingerprint density at radius 3 is 2.79 bits per heavy atom. The van der Waals surface area contributed by atoms with Crippen LogP contribution < -0.4 is 10.6 Å². The molecule has 1 aromatic heterocycles. The number of imidazole rings is 1. The number of hydrogen-bond acceptors (Lipinski definition) is 3. The number of hydrogen-bond donors (Lipinski definition) is 2. The summed E-state index contributed by atoms with van der Waals surface area (Å²) >= 11 is 0. The van der Waals surface area contributed by atoms with E-state index in [2.05, 4.69) is 25.2 Å². The second kappa shape index (κ2) is 9.77. The molecule has 1 aliphatic heterocycles. The van der Waals surface area contributed by atoms with Crippen LogP contribution in [0.2, 0.25) is 0 Å². The topological polar surface area (TPSA) is 57.5 Å². The third-order valence-corrected chi connectivity index (χ3v) is 4.71. The van der Waals surface area contributed by atoms with E-state index in [4.69, 9.17) is 0 Å². The van der Waals surface area contributed by atoms with Gasteiger partial charge in [-0.05, 0) is 25.5 Å². The average Bonchev–Trinajstić information content (AvgIpc) is 3.16. The van der Waals surface area contributed by atoms with Crippen molar-refractivity contribution in [2.75, 3.05) is 33.2 Å². The fourth-order valence-corrected chi connectivity index (χ4v) is 3.50. The second-order valence-electron chi connectivity index (χ2n) is 6.78. The van der Waals surface area contributed by atoms with Crippen molar-refractivity contribution >= 4 is 41.0 Å². The number of fused-ring (bicyclic) bond motifs is 1. The summed E-state index contributed by atoms with van der Waals surface area (Å²) in [6.07, 6.45) is -3.48. The maximum absolute atomic E-state index is 12.5. The molecule has 28 heavy (non-hydrogen) atoms. The highest BCUT2D eigenvalue weighted by molar-refractivity contribution is 14.0. The van der Waals surface area contributed by atoms with Gasteiger partial charge in [-0.1, -0.05) is 12.1 Å². The van der Waals surface area contributed by atoms with Crippen molar-refractivity contribution < 1.29 is 13.2 Å². The molecule has 1 aromatic carbocycles. The van der Waals surface area contributed by atoms with Gasteiger partial charge in [-0.3, -0.25) is 9.89 Å². The van der Waals surface area contributed by atoms with Gasteiger partial charge in [0.2, 0.25) is 0 Å². The number of alkyl halides is 3. The standard InChI is InChI=1S/C18H25F3N6.HI/c1-13-24-15-5-3-4-6-16(15)27(13)10-8-23-17(22-2)25-14-7-9-26(11-14)12-18(19,20)21;/h3-6,14H,7-12H2,1-2H3,(H2,22,23,25);1H. The van der Waals surface area contributed by atoms with Crippen LogP contribution in [0.5, 0.6) is 0 Å². The largest absolute Gasteiger partial charge is 0.401 e. The Morgan fingerprint density at radius 2 is 2.07 bits per heavy atom. The molecule has 0 radical (unpaired) electrons. The van der Waals surface area contributed by atoms with Gasteiger partial charge in [-0.2, -0.15) is 13.2 Å². The van der Waals surface area contributed by atoms with Crippen LogP contribution in [-0.2, 0) is 6.54 Å². The zero-order chi connectivity index (χ0) is 19.4. The fourth-order valence-electron chi connectivity index (χ4n) is 3.50. The van der Waals surface area contributed by atoms with E-state index in [0.29, 0.717) is 32.0 Å². The van der Waals surface area contributed by atoms with Crippen LogP contribution in [0.25, 0.3) is 11.0 Å². The van der Waals surface area contributed by atoms with Gasteiger partial charge in [0.1, 0.15) is 5.82 Å². The van der Waals surface area contributed by atoms with Crippen molar-refractivity contribution in [1.82, 2.24) is 25.1 Å². The Morgan fingerprint density at radius 1 is 1.32 bits per heavy atom. The minimum absolute atomic E-state index is 0. The SMILES string of the molecule is CN=C(NCCn1c(C)nc2ccccc21)NC1CCN(CC(F)(F)F)C1.I. The van der Waals surface area contributed by atoms with Gasteiger partial charge in [0.15, 0.2) is 5.96 Å². The molecule has 1 aliphatic rings. The third kappa shape index (κ3) is 5.97. The number of nitrogens with zero attached hydrogens (tertiary/aromatic N) is 4. The predicted molar refractivity (Wildman–Crippen MR) is 115 cm³/mol. The van der Waals surface area contributed by atoms with Crippen LogP contribution in [0, 0.1) is 6.92 Å². The molecule has 1 fully saturated rings. The van der Waals surface area contributed by atoms with Gasteiger partial charge in [0, 0.05) is 39.3 Å². The summed E-state index contributed by atoms with van der Waals surface area (Å²) in [7, 11) is 1.66. The lowest BCUT2D eigenvalue weighted by Crippen LogP contribution is -2.45. The molecule has 0 spiro atoms. The number of nitrogens with one attached hydrogen (secondary N) is 2. The second-order valence-corrected chi connectivity index (χ2v) is 6.78. The molecule has 6 nitrogen and oxygen atoms in total. The Kier molecular flexibility index (Phi) is 7.93. The Labute approximate surface area is 179 Å². The Balaban J connectivity index is 0.00000280. The molecule has 1 atom stereocenters. The number of likely N-dealkylation sites (tertiary alicyclic amines) is 1. The maximum atomic E-state index is 12.5. The number of aryl methyl sites for hydroxylation is 1. The van der Waals surface area contributed by atoms with Crippen LogP contribution >= 0.6 is 24.0 Å². The Hall–Kier alpha value is -1.56. The lowest BCUT2D eigenvalue weighted by Gasteiger charge is -2.20. The molecule has 0 saturated carbocycles. The molecule has 1 saturated heterocycles. The summed E-state index contributed by atoms with van der Waals surface area (Å²) in [5.41, 5.74) is 2.05. The first-order valence-electron chi connectivity index (χ1n) is 9.04. The van der Waals surface area contributed by atoms with Gasteiger partial charge >= 0.3 is 6.18 Å². The number of rotatable bonds is 5. The van der Waals surface area contributed by atoms with Gasteiger partial charge < -0.3 is 15.2 Å². The number of aliphatic imine (C=N–C) groups is 1. The summed E-state index contributed by atoms with van der Waals surface area (Å²) < 4.78 is 39.6. The summed E-state index contributed by atoms with van der Waals surface area (Å²) in [6, 6.07) is 7.94. The number of para-hydroxylation sites is 2. The van der Waals surface area contributed by atoms with Crippen molar-refractivity contribution in [3.63, 3.8) is 0 Å². The van der Waals surface area contributed by atoms with Crippen LogP contribution in [-0.4, -0.2) is 65.9 Å². The fraction of sp³-hybridized carbons (Fsp3) is 0.556. The van der Waals surface area contributed by atoms with Crippen molar-refractivity contribution in [2.45, 2.75) is 32.1 Å². The van der Waals surface area contributed by atoms with E-state index in [1.165, 1.54) is 4.90 Å². The molecular weight excluding hydrogens is 484 g/mol. The maximum Gasteiger partial charge on any atom is 0.401 e. The Bertz CT molecular complexity index is 804. The lowest BCUT2D eigenvalue weighted by molar-refractivity contribution is -0.143. The first-order valence-corrected chi connectivity index (χ1v) is 9.04. The minimum atomic E-state index is -4.15. The van der Waals surface area contributed by atoms with Crippen LogP contribution in [0.4, 0.5) is 13.2 Å². The van der Waals surface area contributed by atoms with Crippen molar-refractivity contribution in [3.05, 3.63) is 30.1 Å². The van der Waals surface area contributed by atoms with Crippen LogP contribution in [0.15, 0.2) is 29.3 Å². The molecule has 3 rings (SSSR count). The third-order valence-electron chi connectivity index (χ3n) is 4.71. The van der Waals surface area contributed by atoms with E-state index < -0.39 is 12.7 Å². The number of guanidine groups is 1. The van der Waals surface area contributed by atoms with Gasteiger partial charge in [0.05, 0.1) is 17.6 Å². The first-order chi connectivity index (χ1) is 12.9. The van der Waals surface area contributed by atoms with E-state index >= 15 is 0 Å². The number of benzene rings is 1. The zero-order valence-corrected chi connectivity index (χ0v) is 18.3. The molecule has 156 valence electrons. The van der Waals surface area contributed by atoms with Gasteiger partial charge in [-0.25, -0.2) is 4.98 Å². The molecule has 1 unspecified atom stereocenters. The van der Waals surface area contributed by atoms with Crippen LogP contribution in [0.1, 0.15) is 12.2 Å². The highest BCUT2D eigenvalue weighted by Gasteiger charge is 2.34. The molecule has 2 aromatic rings. The van der Waals surface area contributed by atoms with Crippen molar-refractivity contribution in [2.24, 2.45) is 4.99 Å². The normalized spacial score (nSPS) is 18.3. The first kappa shape index (κ1) is 22.7. The molecule has 0 aliphatic carbocycles. The van der Waals surface area contributed by atoms with Crippen LogP contribution in [0.3, 0.4) is 0 Å². The summed E-state index contributed by atoms with van der Waals surface area (Å²) in [5.74, 6) is 1.55. The predicted octanol–water partition coefficient (Wildman–Crippen LogP) is 2.76. The number of aromatic nitrogens is 2. The van der Waals surface area contributed by atoms with E-state index in [1.54, 1.807) is 7.05 Å². The van der Waals surface area contributed by atoms with E-state index in [-0.39, 0.29) is 30.0 Å². The summed E-state index contributed by atoms with van der Waals surface area (Å²) in [6.45, 7) is 3.28. The van der Waals surface area contributed by atoms with Gasteiger partial charge in [-0.15, -0.1) is 24.0 Å². The molecule has 0 amide bonds. The molecule has 2 heterocycles. The monoisotopic (exact) mass is 510 g/mol. The molecule has 10 heteroatoms. The van der Waals surface area contributed by atoms with Gasteiger partial charge in [0.25, 0.3) is 0 Å². The summed E-state index contributed by atoms with van der Waals surface area (Å²) in [4.78, 5) is 10.1. The molecule has 0 bridgehead atoms. The zero-order valence-electron chi connectivity index (χ0n) is 16.0. The quantitative estimate of drug-likeness (QED) is 0.369. The van der Waals surface area contributed by atoms with E-state index in [1.807, 2.05) is 31.2 Å². The summed E-state index contributed by atoms with van der Waals surface area (Å²) in [5, 5.41) is 6.46. The highest BCUT2D eigenvalue weighted by atomic mass is 127. The molecular formula is C18H26F3IN6. The highest BCUT2D eigenvalue weighted by Crippen LogP contribution is 2.20. The van der Waals surface area contributed by atoms with E-state index in [9.17, 15) is 13.2 Å². The lowest BCUT2D eigenvalue weighted by atomic mass is 10.3.